The zero-order chi connectivity index (χ0) is 7.78. The topological polar surface area (TPSA) is 0 Å². The summed E-state index contributed by atoms with van der Waals surface area (Å²) >= 11 is 2.77. The molecule has 3 heteroatoms. The van der Waals surface area contributed by atoms with Gasteiger partial charge >= 0.3 is 84.7 Å². The normalized spacial score (nSPS) is 22.5. The maximum atomic E-state index is 2.35. The molecule has 0 spiro atoms. The molecule has 0 aromatic rings. The van der Waals surface area contributed by atoms with Gasteiger partial charge in [-0.25, -0.2) is 0 Å². The fourth-order valence-corrected chi connectivity index (χ4v) is 14.9. The molecule has 0 saturated heterocycles. The molecule has 1 aliphatic rings. The van der Waals surface area contributed by atoms with E-state index in [0.29, 0.717) is 0 Å². The zero-order valence-electron chi connectivity index (χ0n) is 6.10. The molecule has 0 radical (unpaired) electrons. The van der Waals surface area contributed by atoms with Gasteiger partial charge < -0.3 is 0 Å². The predicted molar refractivity (Wildman–Crippen MR) is 54.1 cm³/mol. The Morgan fingerprint density at radius 3 is 2.91 bits per heavy atom. The van der Waals surface area contributed by atoms with Crippen LogP contribution in [-0.4, -0.2) is 37.6 Å². The molecule has 0 nitrogen and oxygen atoms in total. The van der Waals surface area contributed by atoms with Crippen LogP contribution in [0, 0.1) is 0 Å². The Labute approximate surface area is 84.2 Å². The summed E-state index contributed by atoms with van der Waals surface area (Å²) in [6, 6.07) is 0. The van der Waals surface area contributed by atoms with Crippen molar-refractivity contribution < 1.29 is 0 Å². The van der Waals surface area contributed by atoms with Crippen LogP contribution in [0.1, 0.15) is 6.42 Å². The molecule has 0 aliphatic carbocycles. The van der Waals surface area contributed by atoms with E-state index in [0.717, 1.165) is 37.6 Å². The van der Waals surface area contributed by atoms with Gasteiger partial charge in [0.2, 0.25) is 0 Å². The first kappa shape index (κ1) is 9.86. The van der Waals surface area contributed by atoms with Crippen LogP contribution in [0.15, 0.2) is 35.4 Å². The molecule has 0 saturated carbocycles. The van der Waals surface area contributed by atoms with Gasteiger partial charge in [0.1, 0.15) is 0 Å². The minimum atomic E-state index is 0.835. The molecular formula is C8H10Se3. The van der Waals surface area contributed by atoms with Gasteiger partial charge in [-0.15, -0.1) is 0 Å². The molecule has 0 unspecified atom stereocenters. The van der Waals surface area contributed by atoms with Crippen LogP contribution in [0.5, 0.6) is 0 Å². The van der Waals surface area contributed by atoms with E-state index < -0.39 is 0 Å². The third-order valence-corrected chi connectivity index (χ3v) is 17.7. The maximum absolute atomic E-state index is 2.35. The molecule has 0 N–H and O–H groups in total. The van der Waals surface area contributed by atoms with Crippen molar-refractivity contribution in [3.05, 3.63) is 35.4 Å². The quantitative estimate of drug-likeness (QED) is 0.583. The van der Waals surface area contributed by atoms with E-state index in [1.54, 1.807) is 0 Å². The SMILES string of the molecule is C1=C/C=C/CC[Se][Se][Se]C=C1. The summed E-state index contributed by atoms with van der Waals surface area (Å²) in [7, 11) is 0. The third-order valence-electron chi connectivity index (χ3n) is 1.06. The molecular weight excluding hydrogens is 333 g/mol. The molecule has 1 aliphatic heterocycles. The first-order valence-electron chi connectivity index (χ1n) is 3.43. The van der Waals surface area contributed by atoms with E-state index in [-0.39, 0.29) is 0 Å². The predicted octanol–water partition coefficient (Wildman–Crippen LogP) is 1.38. The first-order chi connectivity index (χ1) is 5.50. The van der Waals surface area contributed by atoms with Crippen LogP contribution in [0.25, 0.3) is 0 Å². The van der Waals surface area contributed by atoms with Gasteiger partial charge in [-0.1, -0.05) is 0 Å². The van der Waals surface area contributed by atoms with Gasteiger partial charge in [0, 0.05) is 0 Å². The van der Waals surface area contributed by atoms with Crippen molar-refractivity contribution in [1.29, 1.82) is 0 Å². The van der Waals surface area contributed by atoms with E-state index in [9.17, 15) is 0 Å². The van der Waals surface area contributed by atoms with Crippen molar-refractivity contribution >= 4 is 37.6 Å². The summed E-state index contributed by atoms with van der Waals surface area (Å²) in [4.78, 5) is 2.35. The van der Waals surface area contributed by atoms with Crippen LogP contribution >= 0.6 is 0 Å². The summed E-state index contributed by atoms with van der Waals surface area (Å²) in [5.74, 6) is 0. The Morgan fingerprint density at radius 1 is 1.00 bits per heavy atom. The monoisotopic (exact) mass is 346 g/mol. The fraction of sp³-hybridized carbons (Fsp3) is 0.250. The molecule has 0 aromatic carbocycles. The Bertz CT molecular complexity index is 152. The van der Waals surface area contributed by atoms with Crippen LogP contribution in [0.2, 0.25) is 5.32 Å². The average Bonchev–Trinajstić information content (AvgIpc) is 2.08. The van der Waals surface area contributed by atoms with E-state index in [1.165, 1.54) is 11.7 Å². The van der Waals surface area contributed by atoms with Crippen LogP contribution in [0.3, 0.4) is 0 Å². The van der Waals surface area contributed by atoms with E-state index in [1.807, 2.05) is 0 Å². The van der Waals surface area contributed by atoms with E-state index in [2.05, 4.69) is 35.4 Å². The van der Waals surface area contributed by atoms with E-state index in [4.69, 9.17) is 0 Å². The second-order valence-corrected chi connectivity index (χ2v) is 18.4. The molecule has 0 atom stereocenters. The number of hydrogen-bond acceptors (Lipinski definition) is 0. The molecule has 1 rings (SSSR count). The molecule has 11 heavy (non-hydrogen) atoms. The summed E-state index contributed by atoms with van der Waals surface area (Å²) in [5, 5.41) is 1.45. The van der Waals surface area contributed by atoms with Gasteiger partial charge in [-0.05, 0) is 0 Å². The third kappa shape index (κ3) is 5.99. The molecule has 60 valence electrons. The van der Waals surface area contributed by atoms with Crippen molar-refractivity contribution in [2.45, 2.75) is 11.7 Å². The molecule has 0 aromatic heterocycles. The van der Waals surface area contributed by atoms with Crippen molar-refractivity contribution in [2.75, 3.05) is 0 Å². The summed E-state index contributed by atoms with van der Waals surface area (Å²) < 4.78 is 0. The Balaban J connectivity index is 2.36. The van der Waals surface area contributed by atoms with Gasteiger partial charge in [-0.3, -0.25) is 0 Å². The van der Waals surface area contributed by atoms with Crippen LogP contribution in [0.4, 0.5) is 0 Å². The van der Waals surface area contributed by atoms with Crippen molar-refractivity contribution in [3.8, 4) is 0 Å². The van der Waals surface area contributed by atoms with Gasteiger partial charge in [0.25, 0.3) is 0 Å². The first-order valence-corrected chi connectivity index (χ1v) is 14.3. The summed E-state index contributed by atoms with van der Waals surface area (Å²) in [6.07, 6.45) is 12.2. The standard InChI is InChI=1S/C8H10Se3/c1-2-4-6-8-10-11-9-7-5-3-1/h1-5,7H,6,8H2/b3-1?,4-2+,7-5?. The van der Waals surface area contributed by atoms with Crippen molar-refractivity contribution in [1.82, 2.24) is 0 Å². The molecule has 0 bridgehead atoms. The van der Waals surface area contributed by atoms with Crippen molar-refractivity contribution in [3.63, 3.8) is 0 Å². The Morgan fingerprint density at radius 2 is 1.91 bits per heavy atom. The second-order valence-electron chi connectivity index (χ2n) is 1.92. The Kier molecular flexibility index (Phi) is 6.66. The fourth-order valence-electron chi connectivity index (χ4n) is 0.581. The molecule has 1 heterocycles. The average molecular weight is 343 g/mol. The minimum absolute atomic E-state index is 0.835. The number of allylic oxidation sites excluding steroid dienone is 5. The second kappa shape index (κ2) is 7.43. The van der Waals surface area contributed by atoms with Crippen LogP contribution < -0.4 is 0 Å². The number of rotatable bonds is 0. The van der Waals surface area contributed by atoms with Crippen molar-refractivity contribution in [2.24, 2.45) is 0 Å². The van der Waals surface area contributed by atoms with Gasteiger partial charge in [-0.2, -0.15) is 0 Å². The Hall–Kier alpha value is 0.778. The van der Waals surface area contributed by atoms with Crippen LogP contribution in [-0.2, 0) is 0 Å². The van der Waals surface area contributed by atoms with E-state index >= 15 is 0 Å². The summed E-state index contributed by atoms with van der Waals surface area (Å²) in [6.45, 7) is 0. The molecule has 0 amide bonds. The molecule has 0 fully saturated rings. The zero-order valence-corrected chi connectivity index (χ0v) is 11.2. The van der Waals surface area contributed by atoms with Gasteiger partial charge in [0.05, 0.1) is 0 Å². The number of hydrogen-bond donors (Lipinski definition) is 0. The summed E-state index contributed by atoms with van der Waals surface area (Å²) in [5.41, 5.74) is 0. The van der Waals surface area contributed by atoms with Gasteiger partial charge in [0.15, 0.2) is 0 Å².